The van der Waals surface area contributed by atoms with Gasteiger partial charge in [0, 0.05) is 18.8 Å². The molecule has 6 rings (SSSR count). The molecule has 2 aliphatic heterocycles. The van der Waals surface area contributed by atoms with Gasteiger partial charge in [0.2, 0.25) is 0 Å². The van der Waals surface area contributed by atoms with Crippen molar-refractivity contribution >= 4 is 11.8 Å². The normalized spacial score (nSPS) is 54.2. The van der Waals surface area contributed by atoms with Gasteiger partial charge >= 0.3 is 5.97 Å². The molecule has 0 aromatic heterocycles. The number of hydrogen-bond acceptors (Lipinski definition) is 5. The molecule has 29 heavy (non-hydrogen) atoms. The van der Waals surface area contributed by atoms with Crippen LogP contribution in [0, 0.1) is 28.6 Å². The monoisotopic (exact) mass is 400 g/mol. The van der Waals surface area contributed by atoms with E-state index in [0.717, 1.165) is 38.5 Å². The lowest BCUT2D eigenvalue weighted by atomic mass is 9.47. The van der Waals surface area contributed by atoms with Crippen molar-refractivity contribution < 1.29 is 23.8 Å². The summed E-state index contributed by atoms with van der Waals surface area (Å²) in [6, 6.07) is 0. The highest BCUT2D eigenvalue weighted by Gasteiger charge is 2.81. The third-order valence-corrected chi connectivity index (χ3v) is 9.81. The van der Waals surface area contributed by atoms with Crippen molar-refractivity contribution in [2.75, 3.05) is 6.61 Å². The molecular formula is C24H32O5. The second kappa shape index (κ2) is 5.73. The third kappa shape index (κ3) is 2.29. The highest BCUT2D eigenvalue weighted by molar-refractivity contribution is 5.97. The molecule has 0 bridgehead atoms. The average molecular weight is 401 g/mol. The Morgan fingerprint density at radius 1 is 1.17 bits per heavy atom. The molecule has 6 aliphatic rings. The molecule has 2 saturated heterocycles. The van der Waals surface area contributed by atoms with Crippen molar-refractivity contribution in [1.29, 1.82) is 0 Å². The predicted octanol–water partition coefficient (Wildman–Crippen LogP) is 3.60. The lowest BCUT2D eigenvalue weighted by molar-refractivity contribution is -0.149. The number of hydrogen-bond donors (Lipinski definition) is 0. The van der Waals surface area contributed by atoms with Gasteiger partial charge in [-0.2, -0.15) is 0 Å². The fraction of sp³-hybridized carbons (Fsp3) is 0.833. The van der Waals surface area contributed by atoms with Crippen molar-refractivity contribution in [1.82, 2.24) is 0 Å². The number of Topliss-reactive ketones (excluding diaryl/α,β-unsaturated/α-hetero) is 1. The molecule has 5 heteroatoms. The van der Waals surface area contributed by atoms with Gasteiger partial charge in [0.25, 0.3) is 0 Å². The molecule has 3 saturated carbocycles. The number of rotatable bonds is 3. The Labute approximate surface area is 172 Å². The second-order valence-corrected chi connectivity index (χ2v) is 11.0. The Balaban J connectivity index is 1.28. The Kier molecular flexibility index (Phi) is 3.67. The molecule has 0 amide bonds. The SMILES string of the molecule is CC(=O)O[C@H]1CC[C@@]2(C)C(=CC[C@H]3[C@H]2CC[C@@]2(C)[C@@H]3C[C@H]3O[C@@]32C(=O)[C@H]2CO2)C1. The van der Waals surface area contributed by atoms with E-state index in [1.54, 1.807) is 0 Å². The van der Waals surface area contributed by atoms with E-state index in [4.69, 9.17) is 14.2 Å². The third-order valence-electron chi connectivity index (χ3n) is 9.81. The molecule has 158 valence electrons. The summed E-state index contributed by atoms with van der Waals surface area (Å²) in [5.41, 5.74) is 1.13. The number of epoxide rings is 2. The Bertz CT molecular complexity index is 814. The van der Waals surface area contributed by atoms with E-state index in [9.17, 15) is 9.59 Å². The van der Waals surface area contributed by atoms with Crippen LogP contribution in [0.25, 0.3) is 0 Å². The van der Waals surface area contributed by atoms with Crippen molar-refractivity contribution in [3.05, 3.63) is 11.6 Å². The fourth-order valence-corrected chi connectivity index (χ4v) is 8.25. The maximum Gasteiger partial charge on any atom is 0.302 e. The van der Waals surface area contributed by atoms with Gasteiger partial charge in [0.05, 0.1) is 12.7 Å². The van der Waals surface area contributed by atoms with E-state index in [1.807, 2.05) is 0 Å². The Hall–Kier alpha value is -1.20. The highest BCUT2D eigenvalue weighted by atomic mass is 16.6. The van der Waals surface area contributed by atoms with Crippen LogP contribution in [0.1, 0.15) is 65.7 Å². The fourth-order valence-electron chi connectivity index (χ4n) is 8.25. The van der Waals surface area contributed by atoms with E-state index in [0.29, 0.717) is 24.4 Å². The van der Waals surface area contributed by atoms with Gasteiger partial charge in [0.15, 0.2) is 11.4 Å². The molecule has 0 unspecified atom stereocenters. The molecule has 0 aromatic carbocycles. The van der Waals surface area contributed by atoms with Gasteiger partial charge in [-0.1, -0.05) is 25.5 Å². The van der Waals surface area contributed by atoms with Crippen molar-refractivity contribution in [3.8, 4) is 0 Å². The summed E-state index contributed by atoms with van der Waals surface area (Å²) in [6.45, 7) is 6.88. The standard InChI is InChI=1S/C24H32O5/c1-13(25)28-15-6-8-22(2)14(10-15)4-5-16-17(22)7-9-23(3)18(16)11-20-24(23,29-20)21(26)19-12-27-19/h4,15-20H,5-12H2,1-3H3/t15-,16-,17+,18+,19+,20+,22-,23-,24+/m0/s1. The minimum Gasteiger partial charge on any atom is -0.462 e. The lowest BCUT2D eigenvalue weighted by Crippen LogP contribution is -2.55. The highest BCUT2D eigenvalue weighted by Crippen LogP contribution is 2.73. The number of esters is 1. The van der Waals surface area contributed by atoms with Gasteiger partial charge < -0.3 is 14.2 Å². The summed E-state index contributed by atoms with van der Waals surface area (Å²) in [5, 5.41) is 0. The molecule has 2 heterocycles. The number of carbonyl (C=O) groups is 2. The second-order valence-electron chi connectivity index (χ2n) is 11.0. The number of ether oxygens (including phenoxy) is 3. The van der Waals surface area contributed by atoms with E-state index < -0.39 is 5.60 Å². The maximum atomic E-state index is 13.1. The van der Waals surface area contributed by atoms with Crippen LogP contribution in [0.15, 0.2) is 11.6 Å². The smallest absolute Gasteiger partial charge is 0.302 e. The van der Waals surface area contributed by atoms with E-state index in [-0.39, 0.29) is 40.9 Å². The molecule has 0 N–H and O–H groups in total. The molecule has 4 aliphatic carbocycles. The van der Waals surface area contributed by atoms with E-state index in [2.05, 4.69) is 19.9 Å². The van der Waals surface area contributed by atoms with Gasteiger partial charge in [-0.05, 0) is 61.7 Å². The summed E-state index contributed by atoms with van der Waals surface area (Å²) in [6.07, 6.45) is 9.75. The first-order valence-corrected chi connectivity index (χ1v) is 11.5. The van der Waals surface area contributed by atoms with Gasteiger partial charge in [-0.25, -0.2) is 0 Å². The predicted molar refractivity (Wildman–Crippen MR) is 105 cm³/mol. The summed E-state index contributed by atoms with van der Waals surface area (Å²) >= 11 is 0. The molecule has 9 atom stereocenters. The van der Waals surface area contributed by atoms with E-state index in [1.165, 1.54) is 18.9 Å². The zero-order valence-electron chi connectivity index (χ0n) is 17.7. The Morgan fingerprint density at radius 3 is 2.69 bits per heavy atom. The first kappa shape index (κ1) is 18.6. The summed E-state index contributed by atoms with van der Waals surface area (Å²) in [5.74, 6) is 1.92. The van der Waals surface area contributed by atoms with Crippen molar-refractivity contribution in [2.24, 2.45) is 28.6 Å². The first-order chi connectivity index (χ1) is 13.8. The largest absolute Gasteiger partial charge is 0.462 e. The number of allylic oxidation sites excluding steroid dienone is 1. The van der Waals surface area contributed by atoms with Gasteiger partial charge in [-0.3, -0.25) is 9.59 Å². The maximum absolute atomic E-state index is 13.1. The zero-order chi connectivity index (χ0) is 20.2. The lowest BCUT2D eigenvalue weighted by Gasteiger charge is -2.58. The molecule has 5 nitrogen and oxygen atoms in total. The summed E-state index contributed by atoms with van der Waals surface area (Å²) < 4.78 is 17.0. The molecule has 0 radical (unpaired) electrons. The van der Waals surface area contributed by atoms with Crippen molar-refractivity contribution in [2.45, 2.75) is 89.6 Å². The minimum absolute atomic E-state index is 0.0431. The van der Waals surface area contributed by atoms with Crippen LogP contribution < -0.4 is 0 Å². The van der Waals surface area contributed by atoms with Crippen LogP contribution in [0.5, 0.6) is 0 Å². The molecule has 5 fully saturated rings. The average Bonchev–Trinajstić information content (AvgIpc) is 3.58. The van der Waals surface area contributed by atoms with E-state index >= 15 is 0 Å². The first-order valence-electron chi connectivity index (χ1n) is 11.5. The van der Waals surface area contributed by atoms with Crippen LogP contribution in [-0.2, 0) is 23.8 Å². The van der Waals surface area contributed by atoms with Crippen LogP contribution >= 0.6 is 0 Å². The molecular weight excluding hydrogens is 368 g/mol. The van der Waals surface area contributed by atoms with Crippen LogP contribution in [0.2, 0.25) is 0 Å². The van der Waals surface area contributed by atoms with Crippen LogP contribution in [0.3, 0.4) is 0 Å². The van der Waals surface area contributed by atoms with Crippen LogP contribution in [0.4, 0.5) is 0 Å². The Morgan fingerprint density at radius 2 is 1.97 bits per heavy atom. The van der Waals surface area contributed by atoms with Crippen molar-refractivity contribution in [3.63, 3.8) is 0 Å². The molecule has 0 aromatic rings. The number of carbonyl (C=O) groups excluding carboxylic acids is 2. The number of fused-ring (bicyclic) bond motifs is 7. The molecule has 0 spiro atoms. The number of ketones is 1. The minimum atomic E-state index is -0.554. The van der Waals surface area contributed by atoms with Crippen LogP contribution in [-0.4, -0.2) is 42.3 Å². The quantitative estimate of drug-likeness (QED) is 0.411. The summed E-state index contributed by atoms with van der Waals surface area (Å²) in [4.78, 5) is 24.5. The zero-order valence-corrected chi connectivity index (χ0v) is 17.7. The topological polar surface area (TPSA) is 68.4 Å². The summed E-state index contributed by atoms with van der Waals surface area (Å²) in [7, 11) is 0. The van der Waals surface area contributed by atoms with Gasteiger partial charge in [0.1, 0.15) is 12.2 Å². The van der Waals surface area contributed by atoms with Gasteiger partial charge in [-0.15, -0.1) is 0 Å².